The van der Waals surface area contributed by atoms with E-state index in [1.54, 1.807) is 44.7 Å². The molecule has 0 radical (unpaired) electrons. The average molecular weight is 478 g/mol. The first-order valence-electron chi connectivity index (χ1n) is 9.56. The normalized spacial score (nSPS) is 11.2. The molecule has 0 saturated carbocycles. The second-order valence-electron chi connectivity index (χ2n) is 6.94. The summed E-state index contributed by atoms with van der Waals surface area (Å²) >= 11 is 3.43. The lowest BCUT2D eigenvalue weighted by molar-refractivity contribution is 0.355. The van der Waals surface area contributed by atoms with Crippen molar-refractivity contribution < 1.29 is 9.47 Å². The van der Waals surface area contributed by atoms with Crippen LogP contribution in [0, 0.1) is 6.92 Å². The summed E-state index contributed by atoms with van der Waals surface area (Å²) in [4.78, 5) is 18.1. The van der Waals surface area contributed by atoms with Crippen LogP contribution < -0.4 is 15.0 Å². The first-order chi connectivity index (χ1) is 15.0. The molecule has 0 N–H and O–H groups in total. The average Bonchev–Trinajstić information content (AvgIpc) is 2.78. The number of methoxy groups -OCH3 is 2. The summed E-state index contributed by atoms with van der Waals surface area (Å²) in [5, 5.41) is 4.97. The van der Waals surface area contributed by atoms with Gasteiger partial charge in [0.2, 0.25) is 0 Å². The number of ether oxygens (including phenoxy) is 2. The maximum Gasteiger partial charge on any atom is 0.282 e. The van der Waals surface area contributed by atoms with E-state index in [0.717, 1.165) is 15.6 Å². The van der Waals surface area contributed by atoms with Gasteiger partial charge in [0, 0.05) is 10.0 Å². The number of rotatable bonds is 5. The molecule has 0 amide bonds. The van der Waals surface area contributed by atoms with Crippen LogP contribution in [0.2, 0.25) is 0 Å². The van der Waals surface area contributed by atoms with Crippen LogP contribution >= 0.6 is 15.9 Å². The lowest BCUT2D eigenvalue weighted by atomic mass is 10.1. The van der Waals surface area contributed by atoms with E-state index in [9.17, 15) is 4.79 Å². The molecule has 3 aromatic carbocycles. The minimum atomic E-state index is -0.264. The van der Waals surface area contributed by atoms with E-state index in [-0.39, 0.29) is 5.56 Å². The fourth-order valence-corrected chi connectivity index (χ4v) is 3.65. The van der Waals surface area contributed by atoms with E-state index in [4.69, 9.17) is 14.5 Å². The molecular formula is C24H20BrN3O3. The molecule has 7 heteroatoms. The molecule has 0 fully saturated rings. The zero-order valence-corrected chi connectivity index (χ0v) is 18.9. The van der Waals surface area contributed by atoms with E-state index in [1.807, 2.05) is 43.3 Å². The van der Waals surface area contributed by atoms with E-state index >= 15 is 0 Å². The Kier molecular flexibility index (Phi) is 5.86. The number of hydrogen-bond donors (Lipinski definition) is 0. The van der Waals surface area contributed by atoms with Crippen LogP contribution in [-0.4, -0.2) is 30.1 Å². The Morgan fingerprint density at radius 1 is 1.00 bits per heavy atom. The molecule has 4 rings (SSSR count). The van der Waals surface area contributed by atoms with Crippen LogP contribution in [0.5, 0.6) is 11.5 Å². The summed E-state index contributed by atoms with van der Waals surface area (Å²) in [6.07, 6.45) is 1.66. The smallest absolute Gasteiger partial charge is 0.282 e. The third-order valence-electron chi connectivity index (χ3n) is 4.81. The zero-order chi connectivity index (χ0) is 22.0. The van der Waals surface area contributed by atoms with Gasteiger partial charge in [-0.1, -0.05) is 45.8 Å². The third-order valence-corrected chi connectivity index (χ3v) is 5.31. The standard InChI is InChI=1S/C24H20BrN3O3/c1-15-5-4-6-16(11-15)14-26-28-23(17-7-10-21(30-2)22(12-17)31-3)27-20-9-8-18(25)13-19(20)24(28)29/h4-14H,1-3H3. The first kappa shape index (κ1) is 20.8. The Labute approximate surface area is 187 Å². The minimum absolute atomic E-state index is 0.264. The van der Waals surface area contributed by atoms with Crippen LogP contribution in [0.1, 0.15) is 11.1 Å². The number of hydrogen-bond acceptors (Lipinski definition) is 5. The summed E-state index contributed by atoms with van der Waals surface area (Å²) in [6.45, 7) is 2.01. The van der Waals surface area contributed by atoms with Crippen LogP contribution in [0.15, 0.2) is 75.0 Å². The summed E-state index contributed by atoms with van der Waals surface area (Å²) < 4.78 is 12.9. The van der Waals surface area contributed by atoms with Gasteiger partial charge in [-0.15, -0.1) is 0 Å². The van der Waals surface area contributed by atoms with Crippen molar-refractivity contribution in [2.24, 2.45) is 5.10 Å². The molecule has 0 atom stereocenters. The number of halogens is 1. The number of benzene rings is 3. The molecule has 0 bridgehead atoms. The van der Waals surface area contributed by atoms with Crippen molar-refractivity contribution in [3.8, 4) is 22.9 Å². The molecule has 0 aliphatic rings. The second-order valence-corrected chi connectivity index (χ2v) is 7.86. The highest BCUT2D eigenvalue weighted by molar-refractivity contribution is 9.10. The molecule has 1 heterocycles. The third kappa shape index (κ3) is 4.22. The van der Waals surface area contributed by atoms with Gasteiger partial charge in [-0.2, -0.15) is 9.78 Å². The predicted octanol–water partition coefficient (Wildman–Crippen LogP) is 5.03. The molecule has 0 aliphatic carbocycles. The maximum absolute atomic E-state index is 13.4. The number of aromatic nitrogens is 2. The Balaban J connectivity index is 1.96. The Bertz CT molecular complexity index is 1360. The molecule has 4 aromatic rings. The monoisotopic (exact) mass is 477 g/mol. The molecule has 0 spiro atoms. The highest BCUT2D eigenvalue weighted by atomic mass is 79.9. The first-order valence-corrected chi connectivity index (χ1v) is 10.3. The molecule has 1 aromatic heterocycles. The van der Waals surface area contributed by atoms with Gasteiger partial charge in [0.1, 0.15) is 0 Å². The predicted molar refractivity (Wildman–Crippen MR) is 126 cm³/mol. The summed E-state index contributed by atoms with van der Waals surface area (Å²) in [5.41, 5.74) is 3.00. The zero-order valence-electron chi connectivity index (χ0n) is 17.3. The van der Waals surface area contributed by atoms with Gasteiger partial charge in [-0.3, -0.25) is 4.79 Å². The number of aryl methyl sites for hydroxylation is 1. The minimum Gasteiger partial charge on any atom is -0.493 e. The van der Waals surface area contributed by atoms with Gasteiger partial charge in [-0.05, 0) is 48.9 Å². The highest BCUT2D eigenvalue weighted by Crippen LogP contribution is 2.32. The highest BCUT2D eigenvalue weighted by Gasteiger charge is 2.15. The molecule has 156 valence electrons. The van der Waals surface area contributed by atoms with Crippen molar-refractivity contribution >= 4 is 33.0 Å². The van der Waals surface area contributed by atoms with Crippen molar-refractivity contribution in [3.63, 3.8) is 0 Å². The van der Waals surface area contributed by atoms with E-state index in [1.165, 1.54) is 4.68 Å². The second kappa shape index (κ2) is 8.73. The fraction of sp³-hybridized carbons (Fsp3) is 0.125. The maximum atomic E-state index is 13.4. The summed E-state index contributed by atoms with van der Waals surface area (Å²) in [6, 6.07) is 18.7. The Hall–Kier alpha value is -3.45. The van der Waals surface area contributed by atoms with Crippen LogP contribution in [0.4, 0.5) is 0 Å². The van der Waals surface area contributed by atoms with Gasteiger partial charge in [0.05, 0.1) is 31.3 Å². The van der Waals surface area contributed by atoms with Gasteiger partial charge in [0.25, 0.3) is 5.56 Å². The number of nitrogens with zero attached hydrogens (tertiary/aromatic N) is 3. The van der Waals surface area contributed by atoms with Gasteiger partial charge in [-0.25, -0.2) is 4.98 Å². The molecule has 0 saturated heterocycles. The summed E-state index contributed by atoms with van der Waals surface area (Å²) in [5.74, 6) is 1.54. The lowest BCUT2D eigenvalue weighted by Gasteiger charge is -2.12. The molecule has 6 nitrogen and oxygen atoms in total. The van der Waals surface area contributed by atoms with Crippen molar-refractivity contribution in [1.82, 2.24) is 9.66 Å². The SMILES string of the molecule is COc1ccc(-c2nc3ccc(Br)cc3c(=O)n2N=Cc2cccc(C)c2)cc1OC. The van der Waals surface area contributed by atoms with E-state index in [2.05, 4.69) is 21.0 Å². The fourth-order valence-electron chi connectivity index (χ4n) is 3.29. The van der Waals surface area contributed by atoms with Gasteiger partial charge < -0.3 is 9.47 Å². The van der Waals surface area contributed by atoms with E-state index in [0.29, 0.717) is 33.8 Å². The molecular weight excluding hydrogens is 458 g/mol. The molecule has 0 aliphatic heterocycles. The number of fused-ring (bicyclic) bond motifs is 1. The van der Waals surface area contributed by atoms with Crippen molar-refractivity contribution in [3.05, 3.63) is 86.6 Å². The van der Waals surface area contributed by atoms with Crippen LogP contribution in [-0.2, 0) is 0 Å². The Morgan fingerprint density at radius 3 is 2.55 bits per heavy atom. The molecule has 0 unspecified atom stereocenters. The van der Waals surface area contributed by atoms with Gasteiger partial charge in [0.15, 0.2) is 17.3 Å². The van der Waals surface area contributed by atoms with Crippen LogP contribution in [0.25, 0.3) is 22.3 Å². The van der Waals surface area contributed by atoms with Crippen LogP contribution in [0.3, 0.4) is 0 Å². The summed E-state index contributed by atoms with van der Waals surface area (Å²) in [7, 11) is 3.14. The molecule has 31 heavy (non-hydrogen) atoms. The quantitative estimate of drug-likeness (QED) is 0.378. The van der Waals surface area contributed by atoms with Crippen molar-refractivity contribution in [2.75, 3.05) is 14.2 Å². The van der Waals surface area contributed by atoms with Crippen molar-refractivity contribution in [2.45, 2.75) is 6.92 Å². The van der Waals surface area contributed by atoms with E-state index < -0.39 is 0 Å². The van der Waals surface area contributed by atoms with Crippen molar-refractivity contribution in [1.29, 1.82) is 0 Å². The Morgan fingerprint density at radius 2 is 1.81 bits per heavy atom. The topological polar surface area (TPSA) is 65.7 Å². The van der Waals surface area contributed by atoms with Gasteiger partial charge >= 0.3 is 0 Å². The largest absolute Gasteiger partial charge is 0.493 e. The lowest BCUT2D eigenvalue weighted by Crippen LogP contribution is -2.20.